The van der Waals surface area contributed by atoms with Gasteiger partial charge in [-0.25, -0.2) is 4.98 Å². The lowest BCUT2D eigenvalue weighted by molar-refractivity contribution is -0.117. The second-order valence-electron chi connectivity index (χ2n) is 7.33. The first kappa shape index (κ1) is 19.1. The highest BCUT2D eigenvalue weighted by molar-refractivity contribution is 7.21. The van der Waals surface area contributed by atoms with Gasteiger partial charge >= 0.3 is 0 Å². The van der Waals surface area contributed by atoms with Gasteiger partial charge in [-0.1, -0.05) is 13.0 Å². The number of thiazole rings is 1. The number of aryl methyl sites for hydroxylation is 1. The van der Waals surface area contributed by atoms with E-state index in [0.29, 0.717) is 6.54 Å². The number of benzene rings is 2. The molecular formula is C22H26N4OS. The molecular weight excluding hydrogens is 368 g/mol. The van der Waals surface area contributed by atoms with E-state index >= 15 is 0 Å². The standard InChI is InChI=1S/C22H26N4OS/c1-3-25-10-12-26(13-11-25)15-21(27)23-18-7-5-17(6-8-18)22-24-19-9-4-16(2)14-20(19)28-22/h4-9,14H,3,10-13,15H2,1-2H3,(H,23,27). The lowest BCUT2D eigenvalue weighted by Crippen LogP contribution is -2.48. The number of nitrogens with one attached hydrogen (secondary N) is 1. The Labute approximate surface area is 170 Å². The normalized spacial score (nSPS) is 15.8. The Kier molecular flexibility index (Phi) is 5.71. The molecule has 28 heavy (non-hydrogen) atoms. The van der Waals surface area contributed by atoms with Gasteiger partial charge in [0, 0.05) is 37.4 Å². The molecule has 1 aromatic heterocycles. The molecule has 0 aliphatic carbocycles. The van der Waals surface area contributed by atoms with Gasteiger partial charge < -0.3 is 10.2 Å². The third-order valence-corrected chi connectivity index (χ3v) is 6.31. The zero-order chi connectivity index (χ0) is 19.5. The summed E-state index contributed by atoms with van der Waals surface area (Å²) >= 11 is 1.70. The Morgan fingerprint density at radius 2 is 1.79 bits per heavy atom. The summed E-state index contributed by atoms with van der Waals surface area (Å²) < 4.78 is 1.20. The van der Waals surface area contributed by atoms with Crippen molar-refractivity contribution in [2.45, 2.75) is 13.8 Å². The van der Waals surface area contributed by atoms with Gasteiger partial charge in [0.25, 0.3) is 0 Å². The molecule has 0 spiro atoms. The topological polar surface area (TPSA) is 48.5 Å². The van der Waals surface area contributed by atoms with Crippen molar-refractivity contribution in [1.82, 2.24) is 14.8 Å². The molecule has 2 heterocycles. The smallest absolute Gasteiger partial charge is 0.238 e. The molecule has 4 rings (SSSR count). The molecule has 1 saturated heterocycles. The third kappa shape index (κ3) is 4.41. The maximum absolute atomic E-state index is 12.4. The van der Waals surface area contributed by atoms with Crippen molar-refractivity contribution < 1.29 is 4.79 Å². The number of likely N-dealkylation sites (N-methyl/N-ethyl adjacent to an activating group) is 1. The van der Waals surface area contributed by atoms with Crippen LogP contribution in [0.25, 0.3) is 20.8 Å². The van der Waals surface area contributed by atoms with Gasteiger partial charge in [0.1, 0.15) is 5.01 Å². The second-order valence-corrected chi connectivity index (χ2v) is 8.36. The zero-order valence-corrected chi connectivity index (χ0v) is 17.3. The van der Waals surface area contributed by atoms with Crippen LogP contribution in [0.1, 0.15) is 12.5 Å². The van der Waals surface area contributed by atoms with Crippen LogP contribution in [0.4, 0.5) is 5.69 Å². The number of hydrogen-bond acceptors (Lipinski definition) is 5. The molecule has 0 bridgehead atoms. The molecule has 3 aromatic rings. The van der Waals surface area contributed by atoms with Crippen molar-refractivity contribution in [2.24, 2.45) is 0 Å². The number of carbonyl (C=O) groups is 1. The van der Waals surface area contributed by atoms with Crippen LogP contribution in [0.15, 0.2) is 42.5 Å². The summed E-state index contributed by atoms with van der Waals surface area (Å²) in [6, 6.07) is 14.3. The van der Waals surface area contributed by atoms with Crippen LogP contribution in [0.3, 0.4) is 0 Å². The lowest BCUT2D eigenvalue weighted by Gasteiger charge is -2.33. The van der Waals surface area contributed by atoms with E-state index in [1.54, 1.807) is 11.3 Å². The van der Waals surface area contributed by atoms with Crippen LogP contribution < -0.4 is 5.32 Å². The third-order valence-electron chi connectivity index (χ3n) is 5.24. The van der Waals surface area contributed by atoms with Crippen LogP contribution in [-0.4, -0.2) is 60.0 Å². The number of fused-ring (bicyclic) bond motifs is 1. The minimum absolute atomic E-state index is 0.0492. The number of amides is 1. The van der Waals surface area contributed by atoms with Crippen LogP contribution >= 0.6 is 11.3 Å². The summed E-state index contributed by atoms with van der Waals surface area (Å²) in [7, 11) is 0. The molecule has 0 unspecified atom stereocenters. The molecule has 0 radical (unpaired) electrons. The Morgan fingerprint density at radius 3 is 2.50 bits per heavy atom. The zero-order valence-electron chi connectivity index (χ0n) is 16.4. The predicted octanol–water partition coefficient (Wildman–Crippen LogP) is 3.85. The van der Waals surface area contributed by atoms with E-state index in [-0.39, 0.29) is 5.91 Å². The average molecular weight is 395 g/mol. The molecule has 5 nitrogen and oxygen atoms in total. The molecule has 0 saturated carbocycles. The summed E-state index contributed by atoms with van der Waals surface area (Å²) in [5.41, 5.74) is 4.19. The van der Waals surface area contributed by atoms with Crippen LogP contribution in [0.2, 0.25) is 0 Å². The van der Waals surface area contributed by atoms with Crippen molar-refractivity contribution in [3.8, 4) is 10.6 Å². The Balaban J connectivity index is 1.37. The van der Waals surface area contributed by atoms with Gasteiger partial charge in [0.2, 0.25) is 5.91 Å². The lowest BCUT2D eigenvalue weighted by atomic mass is 10.2. The van der Waals surface area contributed by atoms with E-state index < -0.39 is 0 Å². The van der Waals surface area contributed by atoms with Gasteiger partial charge in [-0.15, -0.1) is 11.3 Å². The van der Waals surface area contributed by atoms with E-state index in [1.807, 2.05) is 24.3 Å². The largest absolute Gasteiger partial charge is 0.325 e. The highest BCUT2D eigenvalue weighted by Crippen LogP contribution is 2.31. The molecule has 1 aliphatic heterocycles. The summed E-state index contributed by atoms with van der Waals surface area (Å²) in [5.74, 6) is 0.0492. The first-order valence-electron chi connectivity index (χ1n) is 9.83. The predicted molar refractivity (Wildman–Crippen MR) is 117 cm³/mol. The molecule has 6 heteroatoms. The van der Waals surface area contributed by atoms with Crippen molar-refractivity contribution in [1.29, 1.82) is 0 Å². The fourth-order valence-electron chi connectivity index (χ4n) is 3.52. The molecule has 1 N–H and O–H groups in total. The summed E-state index contributed by atoms with van der Waals surface area (Å²) in [6.07, 6.45) is 0. The maximum Gasteiger partial charge on any atom is 0.238 e. The first-order valence-corrected chi connectivity index (χ1v) is 10.6. The maximum atomic E-state index is 12.4. The van der Waals surface area contributed by atoms with Crippen molar-refractivity contribution in [2.75, 3.05) is 44.6 Å². The number of carbonyl (C=O) groups excluding carboxylic acids is 1. The molecule has 0 atom stereocenters. The number of aromatic nitrogens is 1. The van der Waals surface area contributed by atoms with Gasteiger partial charge in [-0.2, -0.15) is 0 Å². The average Bonchev–Trinajstić information content (AvgIpc) is 3.12. The fraction of sp³-hybridized carbons (Fsp3) is 0.364. The summed E-state index contributed by atoms with van der Waals surface area (Å²) in [5, 5.41) is 4.02. The highest BCUT2D eigenvalue weighted by atomic mass is 32.1. The first-order chi connectivity index (χ1) is 13.6. The second kappa shape index (κ2) is 8.39. The Hall–Kier alpha value is -2.28. The van der Waals surface area contributed by atoms with E-state index in [9.17, 15) is 4.79 Å². The van der Waals surface area contributed by atoms with Gasteiger partial charge in [0.15, 0.2) is 0 Å². The fourth-order valence-corrected chi connectivity index (χ4v) is 4.59. The SMILES string of the molecule is CCN1CCN(CC(=O)Nc2ccc(-c3nc4ccc(C)cc4s3)cc2)CC1. The molecule has 1 fully saturated rings. The van der Waals surface area contributed by atoms with Crippen molar-refractivity contribution in [3.63, 3.8) is 0 Å². The van der Waals surface area contributed by atoms with Gasteiger partial charge in [-0.3, -0.25) is 9.69 Å². The number of piperazine rings is 1. The summed E-state index contributed by atoms with van der Waals surface area (Å²) in [4.78, 5) is 21.7. The van der Waals surface area contributed by atoms with E-state index in [4.69, 9.17) is 4.98 Å². The number of hydrogen-bond donors (Lipinski definition) is 1. The number of anilines is 1. The van der Waals surface area contributed by atoms with Crippen LogP contribution in [-0.2, 0) is 4.79 Å². The van der Waals surface area contributed by atoms with E-state index in [1.165, 1.54) is 10.3 Å². The number of rotatable bonds is 5. The van der Waals surface area contributed by atoms with E-state index in [0.717, 1.165) is 54.5 Å². The highest BCUT2D eigenvalue weighted by Gasteiger charge is 2.17. The summed E-state index contributed by atoms with van der Waals surface area (Å²) in [6.45, 7) is 9.81. The van der Waals surface area contributed by atoms with Crippen molar-refractivity contribution >= 4 is 33.1 Å². The minimum Gasteiger partial charge on any atom is -0.325 e. The Bertz CT molecular complexity index is 958. The molecule has 146 valence electrons. The molecule has 1 aliphatic rings. The van der Waals surface area contributed by atoms with Gasteiger partial charge in [0.05, 0.1) is 16.8 Å². The quantitative estimate of drug-likeness (QED) is 0.714. The number of nitrogens with zero attached hydrogens (tertiary/aromatic N) is 3. The monoisotopic (exact) mass is 394 g/mol. The Morgan fingerprint density at radius 1 is 1.07 bits per heavy atom. The van der Waals surface area contributed by atoms with Crippen LogP contribution in [0.5, 0.6) is 0 Å². The van der Waals surface area contributed by atoms with Crippen LogP contribution in [0, 0.1) is 6.92 Å². The van der Waals surface area contributed by atoms with Gasteiger partial charge in [-0.05, 0) is 55.4 Å². The molecule has 1 amide bonds. The minimum atomic E-state index is 0.0492. The van der Waals surface area contributed by atoms with Crippen molar-refractivity contribution in [3.05, 3.63) is 48.0 Å². The molecule has 2 aromatic carbocycles. The van der Waals surface area contributed by atoms with E-state index in [2.05, 4.69) is 47.2 Å².